The Morgan fingerprint density at radius 2 is 1.74 bits per heavy atom. The highest BCUT2D eigenvalue weighted by atomic mass is 16.7. The number of hydrogen-bond acceptors (Lipinski definition) is 8. The molecule has 46 heavy (non-hydrogen) atoms. The molecular weight excluding hydrogens is 583 g/mol. The Morgan fingerprint density at radius 3 is 2.43 bits per heavy atom. The normalized spacial score (nSPS) is 24.0. The van der Waals surface area contributed by atoms with Gasteiger partial charge in [0.2, 0.25) is 5.91 Å². The van der Waals surface area contributed by atoms with E-state index in [0.29, 0.717) is 6.54 Å². The first-order valence-corrected chi connectivity index (χ1v) is 16.3. The zero-order valence-corrected chi connectivity index (χ0v) is 27.9. The van der Waals surface area contributed by atoms with Gasteiger partial charge in [0.05, 0.1) is 30.1 Å². The Kier molecular flexibility index (Phi) is 8.58. The van der Waals surface area contributed by atoms with Gasteiger partial charge in [-0.25, -0.2) is 4.79 Å². The number of carbonyl (C=O) groups is 2. The van der Waals surface area contributed by atoms with E-state index in [4.69, 9.17) is 18.5 Å². The van der Waals surface area contributed by atoms with Gasteiger partial charge >= 0.3 is 13.2 Å². The van der Waals surface area contributed by atoms with E-state index in [2.05, 4.69) is 80.1 Å². The topological polar surface area (TPSA) is 114 Å². The van der Waals surface area contributed by atoms with Gasteiger partial charge < -0.3 is 39.3 Å². The summed E-state index contributed by atoms with van der Waals surface area (Å²) >= 11 is 0. The van der Waals surface area contributed by atoms with Crippen LogP contribution < -0.4 is 21.4 Å². The molecule has 0 radical (unpaired) electrons. The van der Waals surface area contributed by atoms with Crippen LogP contribution in [0.5, 0.6) is 0 Å². The predicted octanol–water partition coefficient (Wildman–Crippen LogP) is 5.02. The summed E-state index contributed by atoms with van der Waals surface area (Å²) in [7, 11) is 0.851. The molecular formula is C35H45BN4O6. The molecule has 3 N–H and O–H groups in total. The number of nitrogens with one attached hydrogen (secondary N) is 3. The molecule has 2 fully saturated rings. The number of alkyl carbamates (subject to hydrolysis) is 1. The van der Waals surface area contributed by atoms with Crippen molar-refractivity contribution < 1.29 is 28.1 Å². The summed E-state index contributed by atoms with van der Waals surface area (Å²) in [6.07, 6.45) is 6.07. The fourth-order valence-electron chi connectivity index (χ4n) is 6.44. The number of furan rings is 1. The quantitative estimate of drug-likeness (QED) is 0.326. The number of likely N-dealkylation sites (tertiary alicyclic amines) is 1. The molecule has 0 spiro atoms. The van der Waals surface area contributed by atoms with E-state index in [0.717, 1.165) is 70.2 Å². The Balaban J connectivity index is 1.22. The maximum atomic E-state index is 13.6. The molecule has 6 rings (SSSR count). The van der Waals surface area contributed by atoms with Gasteiger partial charge in [-0.15, -0.1) is 0 Å². The highest BCUT2D eigenvalue weighted by Gasteiger charge is 2.51. The smallest absolute Gasteiger partial charge is 0.456 e. The second kappa shape index (κ2) is 12.3. The van der Waals surface area contributed by atoms with Crippen molar-refractivity contribution in [3.8, 4) is 0 Å². The number of benzene rings is 2. The van der Waals surface area contributed by atoms with E-state index in [1.807, 2.05) is 31.0 Å². The number of fused-ring (bicyclic) bond motifs is 3. The summed E-state index contributed by atoms with van der Waals surface area (Å²) in [6.45, 7) is 13.4. The predicted molar refractivity (Wildman–Crippen MR) is 180 cm³/mol. The minimum Gasteiger partial charge on any atom is -0.456 e. The molecule has 0 saturated carbocycles. The monoisotopic (exact) mass is 628 g/mol. The molecule has 3 aromatic rings. The molecule has 0 aliphatic carbocycles. The van der Waals surface area contributed by atoms with Crippen LogP contribution in [0.2, 0.25) is 0 Å². The maximum Gasteiger partial charge on any atom is 0.494 e. The minimum absolute atomic E-state index is 0.0775. The number of hydrogen-bond donors (Lipinski definition) is 3. The van der Waals surface area contributed by atoms with E-state index < -0.39 is 30.5 Å². The fourth-order valence-corrected chi connectivity index (χ4v) is 6.44. The van der Waals surface area contributed by atoms with Crippen LogP contribution in [0.4, 0.5) is 4.79 Å². The van der Waals surface area contributed by atoms with Crippen molar-refractivity contribution in [1.29, 1.82) is 0 Å². The Morgan fingerprint density at radius 1 is 1.04 bits per heavy atom. The molecule has 4 heterocycles. The summed E-state index contributed by atoms with van der Waals surface area (Å²) in [5, 5.41) is 11.9. The van der Waals surface area contributed by atoms with Crippen LogP contribution in [-0.2, 0) is 18.8 Å². The molecule has 10 nitrogen and oxygen atoms in total. The average Bonchev–Trinajstić information content (AvgIpc) is 3.68. The standard InChI is InChI=1S/C35H45BN4O6/c1-21(2)31(39-33(42)43-7)32(41)40-17-9-11-28(40)26-10-8-16-37-27(20-38-26)22-12-14-24-25-15-13-23(19-30(25)44-29(24)18-22)36-45-34(3,4)35(5,6)46-36/h10,12-15,18-21,28,31,37-38H,8-9,11,16-17H2,1-7H3,(H,39,42)/b26-10+,27-20-/t28-,31-/m0/s1. The van der Waals surface area contributed by atoms with Gasteiger partial charge in [0.1, 0.15) is 17.2 Å². The van der Waals surface area contributed by atoms with Crippen molar-refractivity contribution in [2.75, 3.05) is 20.2 Å². The zero-order chi connectivity index (χ0) is 32.8. The minimum atomic E-state index is -0.654. The first-order valence-electron chi connectivity index (χ1n) is 16.3. The van der Waals surface area contributed by atoms with E-state index in [9.17, 15) is 9.59 Å². The van der Waals surface area contributed by atoms with Crippen molar-refractivity contribution in [2.24, 2.45) is 5.92 Å². The Bertz CT molecular complexity index is 1690. The summed E-state index contributed by atoms with van der Waals surface area (Å²) < 4.78 is 23.7. The second-order valence-electron chi connectivity index (χ2n) is 13.8. The molecule has 1 aromatic heterocycles. The van der Waals surface area contributed by atoms with Crippen LogP contribution in [0, 0.1) is 5.92 Å². The number of ether oxygens (including phenoxy) is 1. The molecule has 0 bridgehead atoms. The third kappa shape index (κ3) is 5.98. The fraction of sp³-hybridized carbons (Fsp3) is 0.486. The van der Waals surface area contributed by atoms with E-state index in [-0.39, 0.29) is 17.9 Å². The Hall–Kier alpha value is -3.96. The van der Waals surface area contributed by atoms with Crippen molar-refractivity contribution in [2.45, 2.75) is 84.1 Å². The van der Waals surface area contributed by atoms with Crippen LogP contribution in [-0.4, -0.2) is 67.5 Å². The van der Waals surface area contributed by atoms with Crippen molar-refractivity contribution in [3.05, 3.63) is 59.9 Å². The second-order valence-corrected chi connectivity index (χ2v) is 13.8. The van der Waals surface area contributed by atoms with Crippen LogP contribution in [0.15, 0.2) is 58.8 Å². The lowest BCUT2D eigenvalue weighted by Crippen LogP contribution is -2.53. The molecule has 244 valence electrons. The zero-order valence-electron chi connectivity index (χ0n) is 27.9. The van der Waals surface area contributed by atoms with Gasteiger partial charge in [-0.05, 0) is 76.5 Å². The van der Waals surface area contributed by atoms with Crippen LogP contribution in [0.1, 0.15) is 66.4 Å². The van der Waals surface area contributed by atoms with E-state index in [1.165, 1.54) is 7.11 Å². The third-order valence-electron chi connectivity index (χ3n) is 9.83. The third-order valence-corrected chi connectivity index (χ3v) is 9.83. The van der Waals surface area contributed by atoms with Gasteiger partial charge in [-0.2, -0.15) is 0 Å². The molecule has 11 heteroatoms. The first kappa shape index (κ1) is 32.0. The molecule has 2 atom stereocenters. The molecule has 2 aromatic carbocycles. The largest absolute Gasteiger partial charge is 0.494 e. The SMILES string of the molecule is COC(=O)N[C@H](C(=O)N1CCC[C@H]1/C1=C\CCN/C(c2ccc3c(c2)oc2cc(B4OC(C)(C)C(C)(C)O4)ccc23)=C\N1)C(C)C. The first-order chi connectivity index (χ1) is 21.9. The van der Waals surface area contributed by atoms with Crippen molar-refractivity contribution >= 4 is 52.2 Å². The van der Waals surface area contributed by atoms with Crippen LogP contribution >= 0.6 is 0 Å². The van der Waals surface area contributed by atoms with Crippen LogP contribution in [0.25, 0.3) is 27.6 Å². The number of carbonyl (C=O) groups excluding carboxylic acids is 2. The lowest BCUT2D eigenvalue weighted by molar-refractivity contribution is -0.134. The number of rotatable bonds is 6. The highest BCUT2D eigenvalue weighted by molar-refractivity contribution is 6.62. The van der Waals surface area contributed by atoms with Gasteiger partial charge in [-0.1, -0.05) is 38.1 Å². The lowest BCUT2D eigenvalue weighted by atomic mass is 9.79. The van der Waals surface area contributed by atoms with E-state index in [1.54, 1.807) is 0 Å². The molecule has 2 amide bonds. The number of methoxy groups -OCH3 is 1. The van der Waals surface area contributed by atoms with Crippen molar-refractivity contribution in [1.82, 2.24) is 20.9 Å². The van der Waals surface area contributed by atoms with Gasteiger partial charge in [-0.3, -0.25) is 4.79 Å². The van der Waals surface area contributed by atoms with E-state index >= 15 is 0 Å². The van der Waals surface area contributed by atoms with Crippen LogP contribution in [0.3, 0.4) is 0 Å². The summed E-state index contributed by atoms with van der Waals surface area (Å²) in [5.41, 5.74) is 4.60. The molecule has 2 saturated heterocycles. The molecule has 3 aliphatic rings. The molecule has 0 unspecified atom stereocenters. The summed E-state index contributed by atoms with van der Waals surface area (Å²) in [5.74, 6) is -0.168. The number of amides is 2. The lowest BCUT2D eigenvalue weighted by Gasteiger charge is -2.32. The highest BCUT2D eigenvalue weighted by Crippen LogP contribution is 2.37. The average molecular weight is 629 g/mol. The Labute approximate surface area is 271 Å². The van der Waals surface area contributed by atoms with Gasteiger partial charge in [0.15, 0.2) is 0 Å². The number of nitrogens with zero attached hydrogens (tertiary/aromatic N) is 1. The maximum absolute atomic E-state index is 13.6. The van der Waals surface area contributed by atoms with Crippen molar-refractivity contribution in [3.63, 3.8) is 0 Å². The summed E-state index contributed by atoms with van der Waals surface area (Å²) in [6, 6.07) is 11.7. The summed E-state index contributed by atoms with van der Waals surface area (Å²) in [4.78, 5) is 27.5. The van der Waals surface area contributed by atoms with Gasteiger partial charge in [0, 0.05) is 41.3 Å². The molecule has 3 aliphatic heterocycles. The van der Waals surface area contributed by atoms with Gasteiger partial charge in [0.25, 0.3) is 0 Å².